The van der Waals surface area contributed by atoms with Crippen molar-refractivity contribution in [1.29, 1.82) is 0 Å². The van der Waals surface area contributed by atoms with Gasteiger partial charge in [0.15, 0.2) is 0 Å². The fourth-order valence-corrected chi connectivity index (χ4v) is 1.04. The minimum atomic E-state index is -0.507. The minimum absolute atomic E-state index is 0.245. The molecule has 1 atom stereocenters. The summed E-state index contributed by atoms with van der Waals surface area (Å²) in [5.41, 5.74) is 2.50. The van der Waals surface area contributed by atoms with Crippen molar-refractivity contribution in [3.63, 3.8) is 0 Å². The van der Waals surface area contributed by atoms with Gasteiger partial charge in [-0.05, 0) is 26.8 Å². The Kier molecular flexibility index (Phi) is 4.26. The van der Waals surface area contributed by atoms with E-state index in [1.807, 2.05) is 33.0 Å². The van der Waals surface area contributed by atoms with Crippen LogP contribution in [0.3, 0.4) is 0 Å². The predicted octanol–water partition coefficient (Wildman–Crippen LogP) is 0.564. The Labute approximate surface area is 90.0 Å². The van der Waals surface area contributed by atoms with Gasteiger partial charge in [0.05, 0.1) is 18.2 Å². The lowest BCUT2D eigenvalue weighted by Crippen LogP contribution is -2.36. The molecule has 0 aliphatic carbocycles. The molecule has 1 rings (SSSR count). The molecule has 86 valence electrons. The molecule has 0 aliphatic rings. The lowest BCUT2D eigenvalue weighted by molar-refractivity contribution is -0.0843. The van der Waals surface area contributed by atoms with Crippen LogP contribution in [0.4, 0.5) is 0 Å². The van der Waals surface area contributed by atoms with Crippen LogP contribution >= 0.6 is 0 Å². The monoisotopic (exact) mass is 213 g/mol. The molecule has 1 aromatic rings. The van der Waals surface area contributed by atoms with Crippen LogP contribution in [-0.4, -0.2) is 33.1 Å². The molecule has 0 spiro atoms. The van der Waals surface area contributed by atoms with Crippen molar-refractivity contribution >= 4 is 0 Å². The molecule has 1 heterocycles. The summed E-state index contributed by atoms with van der Waals surface area (Å²) in [7, 11) is 0. The van der Waals surface area contributed by atoms with E-state index in [1.54, 1.807) is 10.9 Å². The maximum atomic E-state index is 9.61. The van der Waals surface area contributed by atoms with Crippen LogP contribution < -0.4 is 5.48 Å². The van der Waals surface area contributed by atoms with E-state index in [0.717, 1.165) is 0 Å². The highest BCUT2D eigenvalue weighted by Crippen LogP contribution is 2.03. The van der Waals surface area contributed by atoms with Crippen molar-refractivity contribution < 1.29 is 9.94 Å². The first-order valence-electron chi connectivity index (χ1n) is 5.04. The Morgan fingerprint density at radius 3 is 2.80 bits per heavy atom. The van der Waals surface area contributed by atoms with E-state index in [4.69, 9.17) is 4.84 Å². The molecule has 1 unspecified atom stereocenters. The zero-order valence-corrected chi connectivity index (χ0v) is 9.47. The van der Waals surface area contributed by atoms with Crippen LogP contribution in [0.15, 0.2) is 18.5 Å². The fraction of sp³-hybridized carbons (Fsp3) is 0.700. The molecule has 0 saturated carbocycles. The molecule has 0 amide bonds. The first-order chi connectivity index (χ1) is 6.97. The number of aliphatic hydroxyl groups is 1. The molecule has 1 aromatic heterocycles. The highest BCUT2D eigenvalue weighted by atomic mass is 16.7. The summed E-state index contributed by atoms with van der Waals surface area (Å²) in [6.45, 7) is 6.68. The first-order valence-corrected chi connectivity index (χ1v) is 5.04. The maximum absolute atomic E-state index is 9.61. The summed E-state index contributed by atoms with van der Waals surface area (Å²) >= 11 is 0. The van der Waals surface area contributed by atoms with E-state index in [9.17, 15) is 5.11 Å². The highest BCUT2D eigenvalue weighted by Gasteiger charge is 2.11. The smallest absolute Gasteiger partial charge is 0.0883 e. The molecule has 5 heteroatoms. The second kappa shape index (κ2) is 5.25. The SMILES string of the molecule is CC(C)(C)ONCC(O)Cn1cccn1. The quantitative estimate of drug-likeness (QED) is 0.702. The molecule has 0 radical (unpaired) electrons. The van der Waals surface area contributed by atoms with Gasteiger partial charge in [-0.15, -0.1) is 0 Å². The number of rotatable bonds is 5. The van der Waals surface area contributed by atoms with Crippen LogP contribution in [0.25, 0.3) is 0 Å². The lowest BCUT2D eigenvalue weighted by atomic mass is 10.2. The summed E-state index contributed by atoms with van der Waals surface area (Å²) in [6.07, 6.45) is 2.99. The molecule has 15 heavy (non-hydrogen) atoms. The van der Waals surface area contributed by atoms with E-state index >= 15 is 0 Å². The molecular formula is C10H19N3O2. The molecule has 2 N–H and O–H groups in total. The topological polar surface area (TPSA) is 59.3 Å². The zero-order valence-electron chi connectivity index (χ0n) is 9.47. The number of hydroxylamine groups is 1. The van der Waals surface area contributed by atoms with E-state index in [-0.39, 0.29) is 5.60 Å². The number of hydrogen-bond acceptors (Lipinski definition) is 4. The van der Waals surface area contributed by atoms with Crippen LogP contribution in [0.5, 0.6) is 0 Å². The Hall–Kier alpha value is -0.910. The van der Waals surface area contributed by atoms with Crippen molar-refractivity contribution in [1.82, 2.24) is 15.3 Å². The Bertz CT molecular complexity index is 267. The van der Waals surface area contributed by atoms with Crippen LogP contribution in [-0.2, 0) is 11.4 Å². The number of hydrogen-bond donors (Lipinski definition) is 2. The molecule has 5 nitrogen and oxygen atoms in total. The number of nitrogens with zero attached hydrogens (tertiary/aromatic N) is 2. The molecule has 0 aliphatic heterocycles. The van der Waals surface area contributed by atoms with E-state index in [0.29, 0.717) is 13.1 Å². The predicted molar refractivity (Wildman–Crippen MR) is 57.1 cm³/mol. The summed E-state index contributed by atoms with van der Waals surface area (Å²) < 4.78 is 1.68. The van der Waals surface area contributed by atoms with Gasteiger partial charge in [0.2, 0.25) is 0 Å². The van der Waals surface area contributed by atoms with Gasteiger partial charge >= 0.3 is 0 Å². The molecule has 0 saturated heterocycles. The second-order valence-corrected chi connectivity index (χ2v) is 4.44. The summed E-state index contributed by atoms with van der Waals surface area (Å²) in [6, 6.07) is 1.83. The molecule has 0 bridgehead atoms. The van der Waals surface area contributed by atoms with Crippen molar-refractivity contribution in [3.05, 3.63) is 18.5 Å². The van der Waals surface area contributed by atoms with Gasteiger partial charge in [0.1, 0.15) is 0 Å². The summed E-state index contributed by atoms with van der Waals surface area (Å²) in [5, 5.41) is 13.6. The van der Waals surface area contributed by atoms with Crippen LogP contribution in [0, 0.1) is 0 Å². The summed E-state index contributed by atoms with van der Waals surface area (Å²) in [5.74, 6) is 0. The van der Waals surface area contributed by atoms with Crippen LogP contribution in [0.1, 0.15) is 20.8 Å². The highest BCUT2D eigenvalue weighted by molar-refractivity contribution is 4.78. The molecule has 0 aromatic carbocycles. The number of aromatic nitrogens is 2. The van der Waals surface area contributed by atoms with Crippen molar-refractivity contribution in [3.8, 4) is 0 Å². The Morgan fingerprint density at radius 1 is 1.53 bits per heavy atom. The van der Waals surface area contributed by atoms with E-state index in [1.165, 1.54) is 0 Å². The second-order valence-electron chi connectivity index (χ2n) is 4.44. The average molecular weight is 213 g/mol. The largest absolute Gasteiger partial charge is 0.390 e. The number of nitrogens with one attached hydrogen (secondary N) is 1. The van der Waals surface area contributed by atoms with Gasteiger partial charge in [0, 0.05) is 18.9 Å². The molecular weight excluding hydrogens is 194 g/mol. The Morgan fingerprint density at radius 2 is 2.27 bits per heavy atom. The third kappa shape index (κ3) is 5.51. The Balaban J connectivity index is 2.17. The third-order valence-corrected chi connectivity index (χ3v) is 1.65. The van der Waals surface area contributed by atoms with Gasteiger partial charge in [-0.1, -0.05) is 0 Å². The zero-order chi connectivity index (χ0) is 11.3. The van der Waals surface area contributed by atoms with E-state index < -0.39 is 6.10 Å². The lowest BCUT2D eigenvalue weighted by Gasteiger charge is -2.20. The van der Waals surface area contributed by atoms with Gasteiger partial charge in [-0.3, -0.25) is 9.52 Å². The minimum Gasteiger partial charge on any atom is -0.390 e. The molecule has 0 fully saturated rings. The third-order valence-electron chi connectivity index (χ3n) is 1.65. The van der Waals surface area contributed by atoms with Gasteiger partial charge < -0.3 is 5.11 Å². The normalized spacial score (nSPS) is 14.1. The average Bonchev–Trinajstić information content (AvgIpc) is 2.54. The van der Waals surface area contributed by atoms with Crippen molar-refractivity contribution in [2.75, 3.05) is 6.54 Å². The van der Waals surface area contributed by atoms with Gasteiger partial charge in [-0.25, -0.2) is 0 Å². The standard InChI is InChI=1S/C10H19N3O2/c1-10(2,3)15-12-7-9(14)8-13-6-4-5-11-13/h4-6,9,12,14H,7-8H2,1-3H3. The van der Waals surface area contributed by atoms with Crippen molar-refractivity contribution in [2.24, 2.45) is 0 Å². The van der Waals surface area contributed by atoms with E-state index in [2.05, 4.69) is 10.6 Å². The van der Waals surface area contributed by atoms with Crippen LogP contribution in [0.2, 0.25) is 0 Å². The number of aliphatic hydroxyl groups excluding tert-OH is 1. The fourth-order valence-electron chi connectivity index (χ4n) is 1.04. The summed E-state index contributed by atoms with van der Waals surface area (Å²) in [4.78, 5) is 5.28. The van der Waals surface area contributed by atoms with Gasteiger partial charge in [0.25, 0.3) is 0 Å². The van der Waals surface area contributed by atoms with Crippen molar-refractivity contribution in [2.45, 2.75) is 39.0 Å². The maximum Gasteiger partial charge on any atom is 0.0883 e. The van der Waals surface area contributed by atoms with Gasteiger partial charge in [-0.2, -0.15) is 10.6 Å². The first kappa shape index (κ1) is 12.2.